The first-order valence-electron chi connectivity index (χ1n) is 14.4. The van der Waals surface area contributed by atoms with Crippen LogP contribution in [-0.2, 0) is 0 Å². The fourth-order valence-electron chi connectivity index (χ4n) is 6.98. The van der Waals surface area contributed by atoms with Crippen LogP contribution in [0.25, 0.3) is 77.4 Å². The van der Waals surface area contributed by atoms with Crippen LogP contribution >= 0.6 is 0 Å². The molecule has 0 atom stereocenters. The zero-order chi connectivity index (χ0) is 28.1. The molecule has 6 aromatic carbocycles. The average molecular weight is 551 g/mol. The van der Waals surface area contributed by atoms with Gasteiger partial charge in [0.25, 0.3) is 0 Å². The van der Waals surface area contributed by atoms with Crippen LogP contribution in [0.3, 0.4) is 0 Å². The fraction of sp³-hybridized carbons (Fsp3) is 0. The van der Waals surface area contributed by atoms with Gasteiger partial charge >= 0.3 is 0 Å². The van der Waals surface area contributed by atoms with Crippen molar-refractivity contribution in [1.82, 2.24) is 19.1 Å². The molecule has 0 spiro atoms. The summed E-state index contributed by atoms with van der Waals surface area (Å²) in [6.07, 6.45) is 0. The van der Waals surface area contributed by atoms with Gasteiger partial charge in [0.2, 0.25) is 5.95 Å². The van der Waals surface area contributed by atoms with Crippen LogP contribution in [0, 0.1) is 0 Å². The van der Waals surface area contributed by atoms with Gasteiger partial charge in [-0.25, -0.2) is 9.97 Å². The van der Waals surface area contributed by atoms with Crippen molar-refractivity contribution >= 4 is 54.5 Å². The van der Waals surface area contributed by atoms with Gasteiger partial charge in [0, 0.05) is 32.8 Å². The highest BCUT2D eigenvalue weighted by atomic mass is 16.5. The molecule has 200 valence electrons. The maximum atomic E-state index is 6.26. The SMILES string of the molecule is c1ccc(-n2c3ccccc3c3c4c5ccccc5n(-c5nc6c7c(cccc7n5)Oc5ccccc5-6)c4ccc32)cc1. The van der Waals surface area contributed by atoms with Crippen LogP contribution < -0.4 is 4.74 Å². The monoisotopic (exact) mass is 550 g/mol. The Balaban J connectivity index is 1.36. The van der Waals surface area contributed by atoms with Crippen molar-refractivity contribution < 1.29 is 4.74 Å². The van der Waals surface area contributed by atoms with E-state index >= 15 is 0 Å². The predicted octanol–water partition coefficient (Wildman–Crippen LogP) is 9.60. The number of rotatable bonds is 2. The summed E-state index contributed by atoms with van der Waals surface area (Å²) in [5, 5.41) is 5.77. The molecule has 0 saturated carbocycles. The van der Waals surface area contributed by atoms with Crippen molar-refractivity contribution in [3.8, 4) is 34.4 Å². The standard InChI is InChI=1S/C38H22N4O/c1-2-11-23(12-3-1)41-28-17-7-4-13-24(28)34-30(41)21-22-31-35(34)25-14-5-8-18-29(25)42(31)38-39-27-16-10-20-33-36(27)37(40-38)26-15-6-9-19-32(26)43-33/h1-22H. The lowest BCUT2D eigenvalue weighted by Crippen LogP contribution is -2.06. The van der Waals surface area contributed by atoms with Gasteiger partial charge in [-0.1, -0.05) is 72.8 Å². The molecular weight excluding hydrogens is 528 g/mol. The molecule has 10 rings (SSSR count). The molecular formula is C38H22N4O. The van der Waals surface area contributed by atoms with Crippen LogP contribution in [0.2, 0.25) is 0 Å². The molecule has 5 nitrogen and oxygen atoms in total. The van der Waals surface area contributed by atoms with Crippen molar-refractivity contribution in [2.24, 2.45) is 0 Å². The summed E-state index contributed by atoms with van der Waals surface area (Å²) < 4.78 is 10.8. The highest BCUT2D eigenvalue weighted by Gasteiger charge is 2.25. The largest absolute Gasteiger partial charge is 0.456 e. The second kappa shape index (κ2) is 8.30. The Morgan fingerprint density at radius 3 is 1.86 bits per heavy atom. The molecule has 0 fully saturated rings. The molecule has 5 heteroatoms. The van der Waals surface area contributed by atoms with Crippen LogP contribution in [0.15, 0.2) is 133 Å². The summed E-state index contributed by atoms with van der Waals surface area (Å²) in [5.41, 5.74) is 8.38. The number of benzene rings is 6. The van der Waals surface area contributed by atoms with Crippen LogP contribution in [0.5, 0.6) is 11.5 Å². The Morgan fingerprint density at radius 2 is 1.07 bits per heavy atom. The number of hydrogen-bond acceptors (Lipinski definition) is 3. The van der Waals surface area contributed by atoms with E-state index in [9.17, 15) is 0 Å². The van der Waals surface area contributed by atoms with Gasteiger partial charge in [0.05, 0.1) is 38.7 Å². The van der Waals surface area contributed by atoms with E-state index in [1.165, 1.54) is 32.6 Å². The first kappa shape index (κ1) is 22.7. The third-order valence-corrected chi connectivity index (χ3v) is 8.72. The van der Waals surface area contributed by atoms with E-state index < -0.39 is 0 Å². The predicted molar refractivity (Wildman–Crippen MR) is 174 cm³/mol. The van der Waals surface area contributed by atoms with Crippen molar-refractivity contribution in [3.63, 3.8) is 0 Å². The van der Waals surface area contributed by atoms with Gasteiger partial charge in [-0.15, -0.1) is 0 Å². The molecule has 1 aliphatic heterocycles. The second-order valence-corrected chi connectivity index (χ2v) is 11.0. The van der Waals surface area contributed by atoms with Gasteiger partial charge in [-0.05, 0) is 60.7 Å². The zero-order valence-corrected chi connectivity index (χ0v) is 22.9. The fourth-order valence-corrected chi connectivity index (χ4v) is 6.98. The molecule has 0 aliphatic carbocycles. The zero-order valence-electron chi connectivity index (χ0n) is 22.9. The maximum Gasteiger partial charge on any atom is 0.235 e. The summed E-state index contributed by atoms with van der Waals surface area (Å²) in [4.78, 5) is 10.4. The third kappa shape index (κ3) is 3.00. The summed E-state index contributed by atoms with van der Waals surface area (Å²) in [5.74, 6) is 2.24. The van der Waals surface area contributed by atoms with Crippen molar-refractivity contribution in [3.05, 3.63) is 133 Å². The van der Waals surface area contributed by atoms with E-state index in [0.717, 1.165) is 50.4 Å². The molecule has 0 unspecified atom stereocenters. The smallest absolute Gasteiger partial charge is 0.235 e. The lowest BCUT2D eigenvalue weighted by molar-refractivity contribution is 0.486. The first-order valence-corrected chi connectivity index (χ1v) is 14.4. The summed E-state index contributed by atoms with van der Waals surface area (Å²) in [6, 6.07) is 46.5. The second-order valence-electron chi connectivity index (χ2n) is 11.0. The van der Waals surface area contributed by atoms with Gasteiger partial charge in [0.15, 0.2) is 0 Å². The van der Waals surface area contributed by atoms with Gasteiger partial charge in [-0.2, -0.15) is 0 Å². The summed E-state index contributed by atoms with van der Waals surface area (Å²) in [6.45, 7) is 0. The quantitative estimate of drug-likeness (QED) is 0.215. The average Bonchev–Trinajstić information content (AvgIpc) is 3.58. The lowest BCUT2D eigenvalue weighted by atomic mass is 10.0. The molecule has 0 amide bonds. The van der Waals surface area contributed by atoms with Gasteiger partial charge in [0.1, 0.15) is 11.5 Å². The number of para-hydroxylation sites is 4. The molecule has 0 bridgehead atoms. The molecule has 43 heavy (non-hydrogen) atoms. The minimum atomic E-state index is 0.647. The third-order valence-electron chi connectivity index (χ3n) is 8.72. The van der Waals surface area contributed by atoms with Crippen LogP contribution in [-0.4, -0.2) is 19.1 Å². The molecule has 9 aromatic rings. The van der Waals surface area contributed by atoms with E-state index in [-0.39, 0.29) is 0 Å². The van der Waals surface area contributed by atoms with Crippen molar-refractivity contribution in [2.45, 2.75) is 0 Å². The number of aromatic nitrogens is 4. The number of hydrogen-bond donors (Lipinski definition) is 0. The van der Waals surface area contributed by atoms with E-state index in [1.54, 1.807) is 0 Å². The van der Waals surface area contributed by atoms with E-state index in [4.69, 9.17) is 14.7 Å². The Morgan fingerprint density at radius 1 is 0.442 bits per heavy atom. The summed E-state index contributed by atoms with van der Waals surface area (Å²) >= 11 is 0. The highest BCUT2D eigenvalue weighted by molar-refractivity contribution is 6.28. The first-order chi connectivity index (χ1) is 21.3. The number of fused-ring (bicyclic) bond motifs is 9. The van der Waals surface area contributed by atoms with Crippen molar-refractivity contribution in [2.75, 3.05) is 0 Å². The molecule has 0 saturated heterocycles. The highest BCUT2D eigenvalue weighted by Crippen LogP contribution is 2.46. The van der Waals surface area contributed by atoms with E-state index in [1.807, 2.05) is 36.4 Å². The number of nitrogens with zero attached hydrogens (tertiary/aromatic N) is 4. The minimum Gasteiger partial charge on any atom is -0.456 e. The summed E-state index contributed by atoms with van der Waals surface area (Å²) in [7, 11) is 0. The Bertz CT molecular complexity index is 2590. The lowest BCUT2D eigenvalue weighted by Gasteiger charge is -2.20. The van der Waals surface area contributed by atoms with E-state index in [2.05, 4.69) is 106 Å². The van der Waals surface area contributed by atoms with E-state index in [0.29, 0.717) is 5.95 Å². The molecule has 0 radical (unpaired) electrons. The molecule has 1 aliphatic rings. The normalized spacial score (nSPS) is 12.4. The Kier molecular flexibility index (Phi) is 4.39. The van der Waals surface area contributed by atoms with Crippen LogP contribution in [0.1, 0.15) is 0 Å². The van der Waals surface area contributed by atoms with Gasteiger partial charge < -0.3 is 9.30 Å². The topological polar surface area (TPSA) is 44.9 Å². The Labute approximate surface area is 245 Å². The number of ether oxygens (including phenoxy) is 1. The molecule has 3 aromatic heterocycles. The molecule has 4 heterocycles. The van der Waals surface area contributed by atoms with Crippen LogP contribution in [0.4, 0.5) is 0 Å². The van der Waals surface area contributed by atoms with Crippen molar-refractivity contribution in [1.29, 1.82) is 0 Å². The maximum absolute atomic E-state index is 6.26. The molecule has 0 N–H and O–H groups in total. The van der Waals surface area contributed by atoms with Gasteiger partial charge in [-0.3, -0.25) is 4.57 Å². The Hall–Kier alpha value is -5.94. The minimum absolute atomic E-state index is 0.647.